The van der Waals surface area contributed by atoms with Crippen LogP contribution in [0, 0.1) is 5.41 Å². The van der Waals surface area contributed by atoms with E-state index < -0.39 is 0 Å². The summed E-state index contributed by atoms with van der Waals surface area (Å²) in [6.07, 6.45) is 1.86. The van der Waals surface area contributed by atoms with E-state index in [9.17, 15) is 0 Å². The van der Waals surface area contributed by atoms with Crippen LogP contribution in [0.25, 0.3) is 0 Å². The number of thioether (sulfide) groups is 1. The summed E-state index contributed by atoms with van der Waals surface area (Å²) in [4.78, 5) is 0. The molecule has 1 aromatic carbocycles. The van der Waals surface area contributed by atoms with Crippen molar-refractivity contribution in [2.24, 2.45) is 0 Å². The lowest BCUT2D eigenvalue weighted by Crippen LogP contribution is -1.93. The summed E-state index contributed by atoms with van der Waals surface area (Å²) in [6.45, 7) is 0. The molecule has 1 aromatic rings. The first-order valence-electron chi connectivity index (χ1n) is 3.65. The van der Waals surface area contributed by atoms with Gasteiger partial charge in [-0.1, -0.05) is 11.6 Å². The van der Waals surface area contributed by atoms with Crippen molar-refractivity contribution in [1.29, 1.82) is 5.41 Å². The molecule has 0 spiro atoms. The minimum atomic E-state index is 0.504. The SMILES string of the molecule is COc1ccc(C(=N)SC)cc1Cl. The molecular formula is C9H10ClNOS. The molecule has 0 unspecified atom stereocenters. The molecule has 0 aliphatic carbocycles. The van der Waals surface area contributed by atoms with Crippen molar-refractivity contribution in [3.05, 3.63) is 28.8 Å². The fourth-order valence-corrected chi connectivity index (χ4v) is 1.55. The third-order valence-electron chi connectivity index (χ3n) is 1.62. The van der Waals surface area contributed by atoms with E-state index >= 15 is 0 Å². The fourth-order valence-electron chi connectivity index (χ4n) is 0.925. The maximum atomic E-state index is 7.57. The van der Waals surface area contributed by atoms with Gasteiger partial charge >= 0.3 is 0 Å². The smallest absolute Gasteiger partial charge is 0.137 e. The molecule has 1 rings (SSSR count). The largest absolute Gasteiger partial charge is 0.495 e. The Bertz CT molecular complexity index is 327. The van der Waals surface area contributed by atoms with Gasteiger partial charge in [0.15, 0.2) is 0 Å². The van der Waals surface area contributed by atoms with Crippen LogP contribution >= 0.6 is 23.4 Å². The summed E-state index contributed by atoms with van der Waals surface area (Å²) in [5.74, 6) is 0.638. The molecule has 0 saturated heterocycles. The van der Waals surface area contributed by atoms with Gasteiger partial charge in [0.25, 0.3) is 0 Å². The van der Waals surface area contributed by atoms with Gasteiger partial charge in [0, 0.05) is 5.56 Å². The van der Waals surface area contributed by atoms with Crippen molar-refractivity contribution in [1.82, 2.24) is 0 Å². The predicted octanol–water partition coefficient (Wildman–Crippen LogP) is 3.04. The molecule has 0 bridgehead atoms. The van der Waals surface area contributed by atoms with E-state index in [1.807, 2.05) is 12.3 Å². The minimum absolute atomic E-state index is 0.504. The Labute approximate surface area is 86.8 Å². The van der Waals surface area contributed by atoms with E-state index in [0.717, 1.165) is 5.56 Å². The molecule has 0 heterocycles. The molecule has 0 aromatic heterocycles. The van der Waals surface area contributed by atoms with Crippen LogP contribution in [0.5, 0.6) is 5.75 Å². The fraction of sp³-hybridized carbons (Fsp3) is 0.222. The van der Waals surface area contributed by atoms with E-state index in [2.05, 4.69) is 0 Å². The third-order valence-corrected chi connectivity index (χ3v) is 2.56. The Morgan fingerprint density at radius 3 is 2.69 bits per heavy atom. The van der Waals surface area contributed by atoms with Crippen LogP contribution in [-0.2, 0) is 0 Å². The molecule has 0 atom stereocenters. The van der Waals surface area contributed by atoms with Crippen molar-refractivity contribution in [2.75, 3.05) is 13.4 Å². The van der Waals surface area contributed by atoms with Gasteiger partial charge in [-0.15, -0.1) is 11.8 Å². The van der Waals surface area contributed by atoms with Crippen molar-refractivity contribution >= 4 is 28.4 Å². The second kappa shape index (κ2) is 4.53. The molecule has 0 fully saturated rings. The van der Waals surface area contributed by atoms with E-state index in [0.29, 0.717) is 15.8 Å². The summed E-state index contributed by atoms with van der Waals surface area (Å²) in [7, 11) is 1.57. The van der Waals surface area contributed by atoms with E-state index in [-0.39, 0.29) is 0 Å². The lowest BCUT2D eigenvalue weighted by atomic mass is 10.2. The van der Waals surface area contributed by atoms with Crippen LogP contribution in [0.2, 0.25) is 5.02 Å². The quantitative estimate of drug-likeness (QED) is 0.608. The van der Waals surface area contributed by atoms with Crippen LogP contribution < -0.4 is 4.74 Å². The van der Waals surface area contributed by atoms with Crippen LogP contribution in [0.3, 0.4) is 0 Å². The van der Waals surface area contributed by atoms with E-state index in [1.165, 1.54) is 11.8 Å². The summed E-state index contributed by atoms with van der Waals surface area (Å²) in [6, 6.07) is 5.32. The molecule has 0 saturated carbocycles. The van der Waals surface area contributed by atoms with Gasteiger partial charge in [0.05, 0.1) is 17.2 Å². The number of hydrogen-bond acceptors (Lipinski definition) is 3. The normalized spacial score (nSPS) is 9.77. The van der Waals surface area contributed by atoms with Gasteiger partial charge in [0.2, 0.25) is 0 Å². The topological polar surface area (TPSA) is 33.1 Å². The first-order valence-corrected chi connectivity index (χ1v) is 5.25. The Balaban J connectivity index is 3.02. The Morgan fingerprint density at radius 2 is 2.23 bits per heavy atom. The number of nitrogens with one attached hydrogen (secondary N) is 1. The van der Waals surface area contributed by atoms with Crippen molar-refractivity contribution < 1.29 is 4.74 Å². The number of ether oxygens (including phenoxy) is 1. The van der Waals surface area contributed by atoms with Crippen molar-refractivity contribution in [3.8, 4) is 5.75 Å². The number of methoxy groups -OCH3 is 1. The lowest BCUT2D eigenvalue weighted by molar-refractivity contribution is 0.415. The van der Waals surface area contributed by atoms with Gasteiger partial charge in [0.1, 0.15) is 5.75 Å². The summed E-state index contributed by atoms with van der Waals surface area (Å²) >= 11 is 7.28. The van der Waals surface area contributed by atoms with Gasteiger partial charge in [-0.3, -0.25) is 5.41 Å². The highest BCUT2D eigenvalue weighted by Crippen LogP contribution is 2.26. The number of rotatable bonds is 2. The van der Waals surface area contributed by atoms with Crippen LogP contribution in [0.1, 0.15) is 5.56 Å². The van der Waals surface area contributed by atoms with Crippen molar-refractivity contribution in [3.63, 3.8) is 0 Å². The van der Waals surface area contributed by atoms with Crippen molar-refractivity contribution in [2.45, 2.75) is 0 Å². The summed E-state index contributed by atoms with van der Waals surface area (Å²) in [5, 5.41) is 8.61. The monoisotopic (exact) mass is 215 g/mol. The lowest BCUT2D eigenvalue weighted by Gasteiger charge is -2.05. The highest BCUT2D eigenvalue weighted by Gasteiger charge is 2.04. The second-order valence-electron chi connectivity index (χ2n) is 2.38. The molecule has 1 N–H and O–H groups in total. The standard InChI is InChI=1S/C9H10ClNOS/c1-12-8-4-3-6(5-7(8)10)9(11)13-2/h3-5,11H,1-2H3. The highest BCUT2D eigenvalue weighted by atomic mass is 35.5. The molecule has 2 nitrogen and oxygen atoms in total. The minimum Gasteiger partial charge on any atom is -0.495 e. The maximum Gasteiger partial charge on any atom is 0.137 e. The zero-order chi connectivity index (χ0) is 9.84. The Hall–Kier alpha value is -0.670. The first kappa shape index (κ1) is 10.4. The molecular weight excluding hydrogens is 206 g/mol. The van der Waals surface area contributed by atoms with E-state index in [4.69, 9.17) is 21.7 Å². The molecule has 4 heteroatoms. The average molecular weight is 216 g/mol. The molecule has 0 radical (unpaired) electrons. The molecule has 0 aliphatic rings. The van der Waals surface area contributed by atoms with Crippen LogP contribution in [0.15, 0.2) is 18.2 Å². The van der Waals surface area contributed by atoms with Gasteiger partial charge in [-0.2, -0.15) is 0 Å². The number of hydrogen-bond donors (Lipinski definition) is 1. The molecule has 0 aliphatic heterocycles. The summed E-state index contributed by atoms with van der Waals surface area (Å²) in [5.41, 5.74) is 0.818. The average Bonchev–Trinajstić information content (AvgIpc) is 2.16. The maximum absolute atomic E-state index is 7.57. The summed E-state index contributed by atoms with van der Waals surface area (Å²) < 4.78 is 5.00. The van der Waals surface area contributed by atoms with Gasteiger partial charge in [-0.25, -0.2) is 0 Å². The number of benzene rings is 1. The molecule has 70 valence electrons. The highest BCUT2D eigenvalue weighted by molar-refractivity contribution is 8.13. The Morgan fingerprint density at radius 1 is 1.54 bits per heavy atom. The first-order chi connectivity index (χ1) is 6.19. The zero-order valence-electron chi connectivity index (χ0n) is 7.43. The predicted molar refractivity (Wildman–Crippen MR) is 58.3 cm³/mol. The second-order valence-corrected chi connectivity index (χ2v) is 3.61. The van der Waals surface area contributed by atoms with Gasteiger partial charge in [-0.05, 0) is 24.5 Å². The van der Waals surface area contributed by atoms with Crippen LogP contribution in [-0.4, -0.2) is 18.4 Å². The van der Waals surface area contributed by atoms with E-state index in [1.54, 1.807) is 19.2 Å². The third kappa shape index (κ3) is 2.39. The molecule has 13 heavy (non-hydrogen) atoms. The van der Waals surface area contributed by atoms with Crippen LogP contribution in [0.4, 0.5) is 0 Å². The number of halogens is 1. The molecule has 0 amide bonds. The zero-order valence-corrected chi connectivity index (χ0v) is 9.00. The Kier molecular flexibility index (Phi) is 3.63. The van der Waals surface area contributed by atoms with Gasteiger partial charge < -0.3 is 4.74 Å².